The second-order valence-electron chi connectivity index (χ2n) is 7.08. The molecule has 0 fully saturated rings. The summed E-state index contributed by atoms with van der Waals surface area (Å²) in [7, 11) is 0. The zero-order chi connectivity index (χ0) is 25.2. The van der Waals surface area contributed by atoms with E-state index in [0.717, 1.165) is 23.5 Å². The highest BCUT2D eigenvalue weighted by Gasteiger charge is 2.33. The van der Waals surface area contributed by atoms with Gasteiger partial charge >= 0.3 is 18.0 Å². The Morgan fingerprint density at radius 3 is 2.38 bits per heavy atom. The van der Waals surface area contributed by atoms with Gasteiger partial charge in [0, 0.05) is 22.6 Å². The van der Waals surface area contributed by atoms with Gasteiger partial charge in [-0.25, -0.2) is 5.43 Å². The summed E-state index contributed by atoms with van der Waals surface area (Å²) in [5.41, 5.74) is 3.49. The van der Waals surface area contributed by atoms with E-state index in [0.29, 0.717) is 27.4 Å². The predicted octanol–water partition coefficient (Wildman–Crippen LogP) is 6.16. The van der Waals surface area contributed by atoms with Gasteiger partial charge in [0.05, 0.1) is 32.5 Å². The van der Waals surface area contributed by atoms with Gasteiger partial charge in [0.1, 0.15) is 0 Å². The first-order valence-electron chi connectivity index (χ1n) is 9.54. The van der Waals surface area contributed by atoms with Crippen molar-refractivity contribution in [3.05, 3.63) is 80.0 Å². The van der Waals surface area contributed by atoms with Crippen LogP contribution in [0.15, 0.2) is 47.6 Å². The SMILES string of the molecule is Cc1cc(/C=N\NC(=O)C(=O)Nc2ccc(Cl)c(C(F)(F)F)c2)c(C)n1-c1cccc(Cl)c1Cl. The number of anilines is 1. The highest BCUT2D eigenvalue weighted by Crippen LogP contribution is 2.36. The monoisotopic (exact) mass is 530 g/mol. The maximum atomic E-state index is 13.0. The maximum absolute atomic E-state index is 13.0. The number of alkyl halides is 3. The number of rotatable bonds is 4. The van der Waals surface area contributed by atoms with Crippen LogP contribution in [-0.2, 0) is 15.8 Å². The van der Waals surface area contributed by atoms with Crippen LogP contribution >= 0.6 is 34.8 Å². The summed E-state index contributed by atoms with van der Waals surface area (Å²) in [6, 6.07) is 9.75. The van der Waals surface area contributed by atoms with Crippen LogP contribution in [0, 0.1) is 13.8 Å². The molecule has 6 nitrogen and oxygen atoms in total. The van der Waals surface area contributed by atoms with E-state index in [1.54, 1.807) is 31.2 Å². The Balaban J connectivity index is 1.71. The normalized spacial score (nSPS) is 11.6. The van der Waals surface area contributed by atoms with Gasteiger partial charge in [0.25, 0.3) is 0 Å². The van der Waals surface area contributed by atoms with E-state index in [2.05, 4.69) is 10.4 Å². The van der Waals surface area contributed by atoms with Gasteiger partial charge in [-0.05, 0) is 50.2 Å². The van der Waals surface area contributed by atoms with E-state index in [1.165, 1.54) is 6.21 Å². The fourth-order valence-corrected chi connectivity index (χ4v) is 3.78. The lowest BCUT2D eigenvalue weighted by Gasteiger charge is -2.12. The van der Waals surface area contributed by atoms with Crippen molar-refractivity contribution in [2.45, 2.75) is 20.0 Å². The molecule has 0 saturated carbocycles. The number of aromatic nitrogens is 1. The van der Waals surface area contributed by atoms with Crippen molar-refractivity contribution < 1.29 is 22.8 Å². The summed E-state index contributed by atoms with van der Waals surface area (Å²) in [6.07, 6.45) is -3.39. The van der Waals surface area contributed by atoms with Crippen molar-refractivity contribution >= 4 is 58.5 Å². The summed E-state index contributed by atoms with van der Waals surface area (Å²) in [5.74, 6) is -2.38. The quantitative estimate of drug-likeness (QED) is 0.240. The minimum Gasteiger partial charge on any atom is -0.318 e. The lowest BCUT2D eigenvalue weighted by Crippen LogP contribution is -2.32. The van der Waals surface area contributed by atoms with E-state index >= 15 is 0 Å². The van der Waals surface area contributed by atoms with Crippen LogP contribution < -0.4 is 10.7 Å². The summed E-state index contributed by atoms with van der Waals surface area (Å²) < 4.78 is 40.7. The Morgan fingerprint density at radius 2 is 1.71 bits per heavy atom. The Kier molecular flexibility index (Phi) is 7.60. The van der Waals surface area contributed by atoms with Crippen LogP contribution in [0.3, 0.4) is 0 Å². The zero-order valence-corrected chi connectivity index (χ0v) is 19.9. The van der Waals surface area contributed by atoms with Crippen molar-refractivity contribution in [3.8, 4) is 5.69 Å². The van der Waals surface area contributed by atoms with Gasteiger partial charge < -0.3 is 9.88 Å². The van der Waals surface area contributed by atoms with Gasteiger partial charge in [-0.2, -0.15) is 18.3 Å². The van der Waals surface area contributed by atoms with Crippen LogP contribution in [0.2, 0.25) is 15.1 Å². The van der Waals surface area contributed by atoms with E-state index in [4.69, 9.17) is 34.8 Å². The topological polar surface area (TPSA) is 75.5 Å². The molecule has 0 unspecified atom stereocenters. The molecule has 3 rings (SSSR count). The van der Waals surface area contributed by atoms with Crippen molar-refractivity contribution in [2.24, 2.45) is 5.10 Å². The molecule has 34 heavy (non-hydrogen) atoms. The number of hydrogen-bond acceptors (Lipinski definition) is 3. The number of hydrazone groups is 1. The standard InChI is InChI=1S/C22H16Cl3F3N4O2/c1-11-8-13(12(2)32(11)18-5-3-4-17(24)19(18)25)10-29-31-21(34)20(33)30-14-6-7-16(23)15(9-14)22(26,27)28/h3-10H,1-2H3,(H,30,33)(H,31,34)/b29-10-. The van der Waals surface area contributed by atoms with Crippen molar-refractivity contribution in [1.29, 1.82) is 0 Å². The number of carbonyl (C=O) groups excluding carboxylic acids is 2. The molecule has 3 aromatic rings. The molecule has 2 aromatic carbocycles. The molecule has 0 radical (unpaired) electrons. The third-order valence-corrected chi connectivity index (χ3v) is 5.89. The van der Waals surface area contributed by atoms with Gasteiger partial charge in [-0.15, -0.1) is 0 Å². The Morgan fingerprint density at radius 1 is 1.00 bits per heavy atom. The summed E-state index contributed by atoms with van der Waals surface area (Å²) >= 11 is 18.0. The highest BCUT2D eigenvalue weighted by molar-refractivity contribution is 6.43. The predicted molar refractivity (Wildman–Crippen MR) is 126 cm³/mol. The van der Waals surface area contributed by atoms with Gasteiger partial charge in [0.15, 0.2) is 0 Å². The second kappa shape index (κ2) is 10.1. The molecule has 2 amide bonds. The minimum absolute atomic E-state index is 0.247. The van der Waals surface area contributed by atoms with Crippen molar-refractivity contribution in [3.63, 3.8) is 0 Å². The summed E-state index contributed by atoms with van der Waals surface area (Å²) in [6.45, 7) is 3.65. The number of hydrogen-bond donors (Lipinski definition) is 2. The Hall–Kier alpha value is -3.01. The molecule has 1 aromatic heterocycles. The van der Waals surface area contributed by atoms with Gasteiger partial charge in [0.2, 0.25) is 0 Å². The Labute approximate surface area is 207 Å². The molecular formula is C22H16Cl3F3N4O2. The van der Waals surface area contributed by atoms with Crippen LogP contribution in [0.4, 0.5) is 18.9 Å². The van der Waals surface area contributed by atoms with Crippen molar-refractivity contribution in [2.75, 3.05) is 5.32 Å². The first-order chi connectivity index (χ1) is 15.9. The average Bonchev–Trinajstić information content (AvgIpc) is 3.03. The smallest absolute Gasteiger partial charge is 0.318 e. The lowest BCUT2D eigenvalue weighted by atomic mass is 10.2. The third-order valence-electron chi connectivity index (χ3n) is 4.75. The fraction of sp³-hybridized carbons (Fsp3) is 0.136. The minimum atomic E-state index is -4.72. The van der Waals surface area contributed by atoms with Gasteiger partial charge in [-0.3, -0.25) is 9.59 Å². The van der Waals surface area contributed by atoms with Crippen LogP contribution in [0.25, 0.3) is 5.69 Å². The summed E-state index contributed by atoms with van der Waals surface area (Å²) in [4.78, 5) is 24.1. The van der Waals surface area contributed by atoms with Crippen molar-refractivity contribution in [1.82, 2.24) is 9.99 Å². The first-order valence-corrected chi connectivity index (χ1v) is 10.7. The van der Waals surface area contributed by atoms with E-state index in [1.807, 2.05) is 16.9 Å². The number of amides is 2. The number of carbonyl (C=O) groups is 2. The zero-order valence-electron chi connectivity index (χ0n) is 17.6. The fourth-order valence-electron chi connectivity index (χ4n) is 3.17. The number of nitrogens with one attached hydrogen (secondary N) is 2. The number of benzene rings is 2. The molecule has 0 atom stereocenters. The maximum Gasteiger partial charge on any atom is 0.417 e. The first kappa shape index (κ1) is 25.6. The number of aryl methyl sites for hydroxylation is 1. The largest absolute Gasteiger partial charge is 0.417 e. The molecule has 12 heteroatoms. The molecule has 0 aliphatic heterocycles. The molecule has 2 N–H and O–H groups in total. The molecule has 0 aliphatic carbocycles. The molecule has 178 valence electrons. The van der Waals surface area contributed by atoms with Crippen LogP contribution in [0.1, 0.15) is 22.5 Å². The molecule has 0 bridgehead atoms. The molecular weight excluding hydrogens is 516 g/mol. The molecule has 1 heterocycles. The number of nitrogens with zero attached hydrogens (tertiary/aromatic N) is 2. The lowest BCUT2D eigenvalue weighted by molar-refractivity contribution is -0.137. The highest BCUT2D eigenvalue weighted by atomic mass is 35.5. The second-order valence-corrected chi connectivity index (χ2v) is 8.27. The molecule has 0 saturated heterocycles. The summed E-state index contributed by atoms with van der Waals surface area (Å²) in [5, 5.41) is 6.07. The van der Waals surface area contributed by atoms with E-state index in [9.17, 15) is 22.8 Å². The van der Waals surface area contributed by atoms with Crippen LogP contribution in [-0.4, -0.2) is 22.6 Å². The average molecular weight is 532 g/mol. The number of halogens is 6. The Bertz CT molecular complexity index is 1300. The van der Waals surface area contributed by atoms with Crippen LogP contribution in [0.5, 0.6) is 0 Å². The van der Waals surface area contributed by atoms with Gasteiger partial charge in [-0.1, -0.05) is 40.9 Å². The van der Waals surface area contributed by atoms with E-state index < -0.39 is 28.6 Å². The van der Waals surface area contributed by atoms with E-state index in [-0.39, 0.29) is 5.69 Å². The molecule has 0 aliphatic rings. The third kappa shape index (κ3) is 5.55. The molecule has 0 spiro atoms.